The van der Waals surface area contributed by atoms with Crippen molar-refractivity contribution >= 4 is 23.2 Å². The molecule has 2 aromatic carbocycles. The third kappa shape index (κ3) is 6.72. The second-order valence-electron chi connectivity index (χ2n) is 13.4. The van der Waals surface area contributed by atoms with E-state index in [1.807, 2.05) is 26.0 Å². The lowest BCUT2D eigenvalue weighted by Gasteiger charge is -2.37. The number of piperidine rings is 1. The summed E-state index contributed by atoms with van der Waals surface area (Å²) in [5.74, 6) is -0.581. The number of pyridine rings is 1. The van der Waals surface area contributed by atoms with Crippen LogP contribution in [0.15, 0.2) is 41.2 Å². The number of carbonyl (C=O) groups excluding carboxylic acids is 2. The normalized spacial score (nSPS) is 17.6. The Morgan fingerprint density at radius 3 is 2.46 bits per heavy atom. The first kappa shape index (κ1) is 35.5. The lowest BCUT2D eigenvalue weighted by Crippen LogP contribution is -2.49. The van der Waals surface area contributed by atoms with Gasteiger partial charge >= 0.3 is 6.18 Å². The van der Waals surface area contributed by atoms with Crippen molar-refractivity contribution in [2.75, 3.05) is 56.3 Å². The fourth-order valence-corrected chi connectivity index (χ4v) is 7.82. The average Bonchev–Trinajstić information content (AvgIpc) is 3.30. The Balaban J connectivity index is 1.45. The van der Waals surface area contributed by atoms with Gasteiger partial charge in [-0.05, 0) is 106 Å². The summed E-state index contributed by atoms with van der Waals surface area (Å²) in [5, 5.41) is 6.11. The largest absolute Gasteiger partial charge is 0.496 e. The fourth-order valence-electron chi connectivity index (χ4n) is 7.82. The molecule has 0 atom stereocenters. The van der Waals surface area contributed by atoms with Gasteiger partial charge in [0, 0.05) is 48.4 Å². The number of nitrogens with zero attached hydrogens (tertiary/aromatic N) is 2. The van der Waals surface area contributed by atoms with E-state index < -0.39 is 30.0 Å². The van der Waals surface area contributed by atoms with Crippen LogP contribution in [0.5, 0.6) is 5.75 Å². The smallest absolute Gasteiger partial charge is 0.406 e. The molecule has 2 fully saturated rings. The van der Waals surface area contributed by atoms with E-state index in [9.17, 15) is 27.6 Å². The number of fused-ring (bicyclic) bond motifs is 2. The van der Waals surface area contributed by atoms with Crippen LogP contribution in [-0.2, 0) is 21.5 Å². The quantitative estimate of drug-likeness (QED) is 0.284. The number of hydrogen-bond donors (Lipinski definition) is 3. The second-order valence-corrected chi connectivity index (χ2v) is 13.4. The minimum atomic E-state index is -4.59. The molecule has 268 valence electrons. The first-order chi connectivity index (χ1) is 23.9. The van der Waals surface area contributed by atoms with Crippen molar-refractivity contribution in [3.63, 3.8) is 0 Å². The molecule has 3 N–H and O–H groups in total. The lowest BCUT2D eigenvalue weighted by molar-refractivity contribution is -0.135. The van der Waals surface area contributed by atoms with Gasteiger partial charge in [-0.3, -0.25) is 14.4 Å². The molecular weight excluding hydrogens is 651 g/mol. The predicted molar refractivity (Wildman–Crippen MR) is 185 cm³/mol. The number of rotatable bonds is 9. The van der Waals surface area contributed by atoms with Crippen LogP contribution in [0, 0.1) is 13.8 Å². The van der Waals surface area contributed by atoms with Crippen LogP contribution >= 0.6 is 0 Å². The Morgan fingerprint density at radius 1 is 1.08 bits per heavy atom. The molecule has 0 aliphatic carbocycles. The van der Waals surface area contributed by atoms with E-state index in [1.165, 1.54) is 7.11 Å². The van der Waals surface area contributed by atoms with Gasteiger partial charge in [0.2, 0.25) is 5.91 Å². The molecule has 2 saturated heterocycles. The molecule has 1 spiro atoms. The predicted octanol–water partition coefficient (Wildman–Crippen LogP) is 5.13. The molecule has 50 heavy (non-hydrogen) atoms. The van der Waals surface area contributed by atoms with Gasteiger partial charge in [-0.2, -0.15) is 13.2 Å². The molecule has 0 radical (unpaired) electrons. The lowest BCUT2D eigenvalue weighted by atomic mass is 9.74. The van der Waals surface area contributed by atoms with Crippen molar-refractivity contribution in [2.45, 2.75) is 70.6 Å². The number of alkyl halides is 3. The number of carbonyl (C=O) groups is 2. The first-order valence-corrected chi connectivity index (χ1v) is 17.1. The maximum Gasteiger partial charge on any atom is 0.406 e. The van der Waals surface area contributed by atoms with Crippen LogP contribution in [0.3, 0.4) is 0 Å². The number of H-pyrrole nitrogens is 1. The summed E-state index contributed by atoms with van der Waals surface area (Å²) >= 11 is 0. The third-order valence-corrected chi connectivity index (χ3v) is 10.4. The number of methoxy groups -OCH3 is 1. The molecule has 0 unspecified atom stereocenters. The Kier molecular flexibility index (Phi) is 10.0. The van der Waals surface area contributed by atoms with Gasteiger partial charge < -0.3 is 34.9 Å². The minimum Gasteiger partial charge on any atom is -0.496 e. The highest BCUT2D eigenvalue weighted by atomic mass is 19.4. The van der Waals surface area contributed by atoms with Crippen LogP contribution < -0.4 is 30.7 Å². The van der Waals surface area contributed by atoms with Gasteiger partial charge in [0.15, 0.2) is 0 Å². The first-order valence-electron chi connectivity index (χ1n) is 17.1. The van der Waals surface area contributed by atoms with E-state index in [0.29, 0.717) is 79.4 Å². The number of anilines is 2. The maximum absolute atomic E-state index is 14.0. The second kappa shape index (κ2) is 14.1. The van der Waals surface area contributed by atoms with E-state index in [0.717, 1.165) is 29.0 Å². The maximum atomic E-state index is 14.0. The van der Waals surface area contributed by atoms with Gasteiger partial charge in [0.25, 0.3) is 11.5 Å². The van der Waals surface area contributed by atoms with E-state index in [1.54, 1.807) is 31.2 Å². The van der Waals surface area contributed by atoms with Crippen molar-refractivity contribution in [2.24, 2.45) is 0 Å². The molecule has 3 aliphatic heterocycles. The topological polar surface area (TPSA) is 116 Å². The van der Waals surface area contributed by atoms with Crippen molar-refractivity contribution in [3.8, 4) is 16.9 Å². The number of hydrogen-bond acceptors (Lipinski definition) is 7. The summed E-state index contributed by atoms with van der Waals surface area (Å²) in [6.45, 7) is 7.16. The van der Waals surface area contributed by atoms with Crippen LogP contribution in [0.1, 0.15) is 65.3 Å². The molecule has 13 heteroatoms. The van der Waals surface area contributed by atoms with Gasteiger partial charge in [-0.1, -0.05) is 12.1 Å². The van der Waals surface area contributed by atoms with Crippen molar-refractivity contribution in [1.82, 2.24) is 15.6 Å². The van der Waals surface area contributed by atoms with Crippen molar-refractivity contribution < 1.29 is 32.2 Å². The molecule has 2 amide bonds. The third-order valence-electron chi connectivity index (χ3n) is 10.4. The standard InChI is InChI=1S/C37H44F3N5O5/c1-5-44(26-8-14-50-15-9-26)30-19-25(17-27(23(30)3)33(46)42-20-28-32(49-4)16-22(2)43-34(28)47)24-6-7-29-31(18-24)45(21-37(38,39)40)35(48)36(29)10-12-41-13-11-36/h6-7,16-19,26,41H,5,8-15,20-21H2,1-4H3,(H,42,46)(H,43,47). The summed E-state index contributed by atoms with van der Waals surface area (Å²) in [5.41, 5.74) is 3.52. The number of ether oxygens (including phenoxy) is 2. The number of aromatic nitrogens is 1. The zero-order valence-electron chi connectivity index (χ0n) is 28.9. The molecule has 6 rings (SSSR count). The number of aryl methyl sites for hydroxylation is 1. The Morgan fingerprint density at radius 2 is 1.80 bits per heavy atom. The Labute approximate surface area is 289 Å². The number of halogens is 3. The molecule has 10 nitrogen and oxygen atoms in total. The highest BCUT2D eigenvalue weighted by molar-refractivity contribution is 6.09. The number of amides is 2. The molecule has 0 saturated carbocycles. The van der Waals surface area contributed by atoms with Crippen molar-refractivity contribution in [3.05, 3.63) is 74.7 Å². The summed E-state index contributed by atoms with van der Waals surface area (Å²) in [4.78, 5) is 46.4. The van der Waals surface area contributed by atoms with Crippen molar-refractivity contribution in [1.29, 1.82) is 0 Å². The highest BCUT2D eigenvalue weighted by Crippen LogP contribution is 2.49. The summed E-state index contributed by atoms with van der Waals surface area (Å²) < 4.78 is 52.7. The van der Waals surface area contributed by atoms with Gasteiger partial charge in [0.05, 0.1) is 24.6 Å². The number of nitrogens with one attached hydrogen (secondary N) is 3. The summed E-state index contributed by atoms with van der Waals surface area (Å²) in [7, 11) is 1.46. The Bertz CT molecular complexity index is 1830. The fraction of sp³-hybridized carbons (Fsp3) is 0.486. The number of aromatic amines is 1. The molecule has 3 aliphatic rings. The SMILES string of the molecule is CCN(c1cc(-c2ccc3c(c2)N(CC(F)(F)F)C(=O)C32CCNCC2)cc(C(=O)NCc2c(OC)cc(C)[nH]c2=O)c1C)C1CCOCC1. The minimum absolute atomic E-state index is 0.0849. The highest BCUT2D eigenvalue weighted by Gasteiger charge is 2.53. The zero-order chi connectivity index (χ0) is 35.8. The van der Waals surface area contributed by atoms with Crippen LogP contribution in [0.2, 0.25) is 0 Å². The summed E-state index contributed by atoms with van der Waals surface area (Å²) in [6.07, 6.45) is -2.15. The summed E-state index contributed by atoms with van der Waals surface area (Å²) in [6, 6.07) is 10.8. The van der Waals surface area contributed by atoms with Crippen LogP contribution in [0.25, 0.3) is 11.1 Å². The van der Waals surface area contributed by atoms with Gasteiger partial charge in [-0.15, -0.1) is 0 Å². The molecule has 3 aromatic rings. The van der Waals surface area contributed by atoms with E-state index in [4.69, 9.17) is 9.47 Å². The van der Waals surface area contributed by atoms with E-state index in [-0.39, 0.29) is 29.4 Å². The molecular formula is C37H44F3N5O5. The van der Waals surface area contributed by atoms with Gasteiger partial charge in [-0.25, -0.2) is 0 Å². The van der Waals surface area contributed by atoms with E-state index in [2.05, 4.69) is 20.5 Å². The molecule has 4 heterocycles. The van der Waals surface area contributed by atoms with Crippen LogP contribution in [0.4, 0.5) is 24.5 Å². The number of benzene rings is 2. The monoisotopic (exact) mass is 695 g/mol. The van der Waals surface area contributed by atoms with E-state index >= 15 is 0 Å². The van der Waals surface area contributed by atoms with Crippen LogP contribution in [-0.4, -0.2) is 75.5 Å². The average molecular weight is 696 g/mol. The molecule has 1 aromatic heterocycles. The Hall–Kier alpha value is -4.36. The zero-order valence-corrected chi connectivity index (χ0v) is 28.9. The molecule has 0 bridgehead atoms. The van der Waals surface area contributed by atoms with Gasteiger partial charge in [0.1, 0.15) is 12.3 Å².